The summed E-state index contributed by atoms with van der Waals surface area (Å²) in [5, 5.41) is 0. The normalized spacial score (nSPS) is 24.6. The van der Waals surface area contributed by atoms with Crippen LogP contribution in [0.1, 0.15) is 6.92 Å². The van der Waals surface area contributed by atoms with Gasteiger partial charge < -0.3 is 9.74 Å². The van der Waals surface area contributed by atoms with Crippen molar-refractivity contribution in [3.63, 3.8) is 0 Å². The molecule has 0 spiro atoms. The Balaban J connectivity index is 2.25. The van der Waals surface area contributed by atoms with E-state index in [-0.39, 0.29) is 6.04 Å². The van der Waals surface area contributed by atoms with E-state index in [0.29, 0.717) is 5.92 Å². The third-order valence-corrected chi connectivity index (χ3v) is 1.98. The Morgan fingerprint density at radius 3 is 2.56 bits per heavy atom. The minimum absolute atomic E-state index is 0.237. The fourth-order valence-corrected chi connectivity index (χ4v) is 1.16. The monoisotopic (exact) mass is 124 g/mol. The Labute approximate surface area is 56.3 Å². The van der Waals surface area contributed by atoms with Gasteiger partial charge in [-0.1, -0.05) is 0 Å². The van der Waals surface area contributed by atoms with Crippen molar-refractivity contribution in [2.45, 2.75) is 13.0 Å². The molecule has 0 aromatic heterocycles. The average molecular weight is 124 g/mol. The van der Waals surface area contributed by atoms with Crippen molar-refractivity contribution in [3.8, 4) is 0 Å². The number of nitrogens with zero attached hydrogens (tertiary/aromatic N) is 2. The number of rotatable bonds is 1. The van der Waals surface area contributed by atoms with Crippen LogP contribution < -0.4 is 0 Å². The SMILES string of the molecule is [C-]#[N+]C(C)C1CN(C)C1. The first-order valence-electron chi connectivity index (χ1n) is 3.29. The van der Waals surface area contributed by atoms with Gasteiger partial charge in [-0.2, -0.15) is 0 Å². The summed E-state index contributed by atoms with van der Waals surface area (Å²) in [7, 11) is 2.09. The van der Waals surface area contributed by atoms with Crippen molar-refractivity contribution < 1.29 is 0 Å². The second-order valence-electron chi connectivity index (χ2n) is 2.85. The highest BCUT2D eigenvalue weighted by molar-refractivity contribution is 4.90. The Morgan fingerprint density at radius 1 is 1.67 bits per heavy atom. The quantitative estimate of drug-likeness (QED) is 0.470. The summed E-state index contributed by atoms with van der Waals surface area (Å²) >= 11 is 0. The van der Waals surface area contributed by atoms with Crippen molar-refractivity contribution in [2.24, 2.45) is 5.92 Å². The summed E-state index contributed by atoms with van der Waals surface area (Å²) in [5.41, 5.74) is 0. The second-order valence-corrected chi connectivity index (χ2v) is 2.85. The van der Waals surface area contributed by atoms with Crippen LogP contribution in [-0.4, -0.2) is 31.1 Å². The number of hydrogen-bond donors (Lipinski definition) is 0. The van der Waals surface area contributed by atoms with E-state index in [1.807, 2.05) is 6.92 Å². The molecule has 1 aliphatic rings. The molecular weight excluding hydrogens is 112 g/mol. The van der Waals surface area contributed by atoms with Gasteiger partial charge in [-0.25, -0.2) is 6.57 Å². The van der Waals surface area contributed by atoms with Gasteiger partial charge >= 0.3 is 0 Å². The predicted molar refractivity (Wildman–Crippen MR) is 37.1 cm³/mol. The van der Waals surface area contributed by atoms with Gasteiger partial charge in [-0.3, -0.25) is 0 Å². The molecule has 50 valence electrons. The van der Waals surface area contributed by atoms with E-state index in [9.17, 15) is 0 Å². The van der Waals surface area contributed by atoms with E-state index >= 15 is 0 Å². The zero-order chi connectivity index (χ0) is 6.85. The molecule has 0 aromatic carbocycles. The summed E-state index contributed by atoms with van der Waals surface area (Å²) in [5.74, 6) is 0.646. The smallest absolute Gasteiger partial charge is 0.226 e. The van der Waals surface area contributed by atoms with E-state index in [0.717, 1.165) is 13.1 Å². The standard InChI is InChI=1S/C7H12N2/c1-6(8-2)7-4-9(3)5-7/h6-7H,4-5H2,1,3H3. The first-order chi connectivity index (χ1) is 4.24. The molecule has 1 unspecified atom stereocenters. The molecule has 0 saturated carbocycles. The number of hydrogen-bond acceptors (Lipinski definition) is 1. The van der Waals surface area contributed by atoms with Gasteiger partial charge in [-0.05, 0) is 7.05 Å². The third-order valence-electron chi connectivity index (χ3n) is 1.98. The molecule has 2 heteroatoms. The summed E-state index contributed by atoms with van der Waals surface area (Å²) in [6.45, 7) is 11.0. The Morgan fingerprint density at radius 2 is 2.22 bits per heavy atom. The first kappa shape index (κ1) is 6.57. The minimum Gasteiger partial charge on any atom is -0.314 e. The van der Waals surface area contributed by atoms with E-state index in [4.69, 9.17) is 6.57 Å². The predicted octanol–water partition coefficient (Wildman–Crippen LogP) is 0.856. The molecule has 0 amide bonds. The molecule has 1 atom stereocenters. The van der Waals surface area contributed by atoms with Crippen LogP contribution in [0.4, 0.5) is 0 Å². The van der Waals surface area contributed by atoms with Gasteiger partial charge in [0.15, 0.2) is 0 Å². The second kappa shape index (κ2) is 2.36. The molecule has 0 N–H and O–H groups in total. The number of likely N-dealkylation sites (tertiary alicyclic amines) is 1. The van der Waals surface area contributed by atoms with Gasteiger partial charge in [0.1, 0.15) is 0 Å². The lowest BCUT2D eigenvalue weighted by molar-refractivity contribution is 0.126. The van der Waals surface area contributed by atoms with Crippen LogP contribution in [0, 0.1) is 12.5 Å². The lowest BCUT2D eigenvalue weighted by Gasteiger charge is -2.35. The van der Waals surface area contributed by atoms with Gasteiger partial charge in [-0.15, -0.1) is 0 Å². The lowest BCUT2D eigenvalue weighted by atomic mass is 9.94. The summed E-state index contributed by atoms with van der Waals surface area (Å²) < 4.78 is 0. The zero-order valence-electron chi connectivity index (χ0n) is 5.96. The fourth-order valence-electron chi connectivity index (χ4n) is 1.16. The van der Waals surface area contributed by atoms with E-state index in [1.54, 1.807) is 0 Å². The van der Waals surface area contributed by atoms with Crippen LogP contribution in [0.2, 0.25) is 0 Å². The van der Waals surface area contributed by atoms with Gasteiger partial charge in [0.25, 0.3) is 0 Å². The highest BCUT2D eigenvalue weighted by Gasteiger charge is 2.31. The molecule has 1 heterocycles. The highest BCUT2D eigenvalue weighted by Crippen LogP contribution is 2.18. The fraction of sp³-hybridized carbons (Fsp3) is 0.857. The maximum absolute atomic E-state index is 6.75. The molecule has 1 fully saturated rings. The summed E-state index contributed by atoms with van der Waals surface area (Å²) in [6.07, 6.45) is 0. The molecule has 1 rings (SSSR count). The Hall–Kier alpha value is -0.550. The zero-order valence-corrected chi connectivity index (χ0v) is 5.96. The topological polar surface area (TPSA) is 7.60 Å². The van der Waals surface area contributed by atoms with Crippen LogP contribution in [0.3, 0.4) is 0 Å². The molecule has 1 saturated heterocycles. The Bertz CT molecular complexity index is 130. The summed E-state index contributed by atoms with van der Waals surface area (Å²) in [4.78, 5) is 5.71. The van der Waals surface area contributed by atoms with Crippen molar-refractivity contribution in [1.82, 2.24) is 4.90 Å². The van der Waals surface area contributed by atoms with Crippen LogP contribution in [0.25, 0.3) is 4.85 Å². The van der Waals surface area contributed by atoms with Crippen LogP contribution in [0.5, 0.6) is 0 Å². The average Bonchev–Trinajstić information content (AvgIpc) is 1.79. The Kier molecular flexibility index (Phi) is 1.73. The maximum Gasteiger partial charge on any atom is 0.226 e. The molecular formula is C7H12N2. The molecule has 2 nitrogen and oxygen atoms in total. The van der Waals surface area contributed by atoms with Crippen LogP contribution >= 0.6 is 0 Å². The van der Waals surface area contributed by atoms with Crippen molar-refractivity contribution in [2.75, 3.05) is 20.1 Å². The van der Waals surface area contributed by atoms with E-state index < -0.39 is 0 Å². The van der Waals surface area contributed by atoms with Gasteiger partial charge in [0.05, 0.1) is 5.92 Å². The third kappa shape index (κ3) is 1.22. The first-order valence-corrected chi connectivity index (χ1v) is 3.29. The summed E-state index contributed by atoms with van der Waals surface area (Å²) in [6, 6.07) is 0.237. The van der Waals surface area contributed by atoms with Crippen molar-refractivity contribution in [1.29, 1.82) is 0 Å². The molecule has 9 heavy (non-hydrogen) atoms. The molecule has 0 radical (unpaired) electrons. The van der Waals surface area contributed by atoms with Crippen LogP contribution in [-0.2, 0) is 0 Å². The molecule has 0 aliphatic carbocycles. The van der Waals surface area contributed by atoms with E-state index in [1.165, 1.54) is 0 Å². The van der Waals surface area contributed by atoms with Gasteiger partial charge in [0, 0.05) is 20.0 Å². The minimum atomic E-state index is 0.237. The maximum atomic E-state index is 6.75. The lowest BCUT2D eigenvalue weighted by Crippen LogP contribution is -2.47. The molecule has 0 aromatic rings. The van der Waals surface area contributed by atoms with Gasteiger partial charge in [0.2, 0.25) is 6.04 Å². The molecule has 1 aliphatic heterocycles. The molecule has 0 bridgehead atoms. The van der Waals surface area contributed by atoms with Crippen molar-refractivity contribution >= 4 is 0 Å². The largest absolute Gasteiger partial charge is 0.314 e. The highest BCUT2D eigenvalue weighted by atomic mass is 15.2. The van der Waals surface area contributed by atoms with Crippen LogP contribution in [0.15, 0.2) is 0 Å². The van der Waals surface area contributed by atoms with E-state index in [2.05, 4.69) is 16.8 Å². The van der Waals surface area contributed by atoms with Crippen molar-refractivity contribution in [3.05, 3.63) is 11.4 Å².